The summed E-state index contributed by atoms with van der Waals surface area (Å²) in [6, 6.07) is 14.1. The van der Waals surface area contributed by atoms with Gasteiger partial charge in [-0.2, -0.15) is 0 Å². The monoisotopic (exact) mass is 312 g/mol. The Morgan fingerprint density at radius 3 is 2.52 bits per heavy atom. The molecule has 6 nitrogen and oxygen atoms in total. The van der Waals surface area contributed by atoms with Gasteiger partial charge in [-0.25, -0.2) is 0 Å². The van der Waals surface area contributed by atoms with Gasteiger partial charge in [0, 0.05) is 11.8 Å². The van der Waals surface area contributed by atoms with Crippen molar-refractivity contribution in [3.8, 4) is 11.5 Å². The highest BCUT2D eigenvalue weighted by molar-refractivity contribution is 6.39. The molecule has 0 spiro atoms. The Labute approximate surface area is 133 Å². The predicted octanol–water partition coefficient (Wildman–Crippen LogP) is 2.23. The van der Waals surface area contributed by atoms with Crippen LogP contribution in [0.2, 0.25) is 0 Å². The van der Waals surface area contributed by atoms with Crippen molar-refractivity contribution in [2.75, 3.05) is 12.1 Å². The lowest BCUT2D eigenvalue weighted by molar-refractivity contribution is -0.136. The van der Waals surface area contributed by atoms with Crippen LogP contribution >= 0.6 is 0 Å². The third-order valence-electron chi connectivity index (χ3n) is 3.48. The van der Waals surface area contributed by atoms with E-state index in [1.54, 1.807) is 18.2 Å². The Hall–Kier alpha value is -3.02. The lowest BCUT2D eigenvalue weighted by Gasteiger charge is -2.14. The third kappa shape index (κ3) is 3.42. The molecule has 1 aliphatic rings. The van der Waals surface area contributed by atoms with E-state index in [9.17, 15) is 9.59 Å². The molecule has 23 heavy (non-hydrogen) atoms. The van der Waals surface area contributed by atoms with Gasteiger partial charge in [-0.05, 0) is 24.6 Å². The fraction of sp³-hybridized carbons (Fsp3) is 0.176. The summed E-state index contributed by atoms with van der Waals surface area (Å²) >= 11 is 0. The summed E-state index contributed by atoms with van der Waals surface area (Å²) in [5, 5.41) is 5.20. The van der Waals surface area contributed by atoms with E-state index >= 15 is 0 Å². The average molecular weight is 312 g/mol. The Balaban J connectivity index is 1.60. The molecular weight excluding hydrogens is 296 g/mol. The van der Waals surface area contributed by atoms with Gasteiger partial charge in [0.05, 0.1) is 6.04 Å². The van der Waals surface area contributed by atoms with E-state index < -0.39 is 11.8 Å². The first-order chi connectivity index (χ1) is 11.1. The van der Waals surface area contributed by atoms with Crippen molar-refractivity contribution in [3.05, 3.63) is 54.1 Å². The van der Waals surface area contributed by atoms with Crippen molar-refractivity contribution in [1.29, 1.82) is 0 Å². The van der Waals surface area contributed by atoms with Gasteiger partial charge in [0.25, 0.3) is 0 Å². The molecule has 0 aliphatic carbocycles. The quantitative estimate of drug-likeness (QED) is 0.852. The van der Waals surface area contributed by atoms with Gasteiger partial charge in [-0.3, -0.25) is 9.59 Å². The zero-order valence-corrected chi connectivity index (χ0v) is 12.5. The van der Waals surface area contributed by atoms with Crippen LogP contribution in [0.25, 0.3) is 0 Å². The van der Waals surface area contributed by atoms with Gasteiger partial charge in [-0.1, -0.05) is 30.3 Å². The zero-order valence-electron chi connectivity index (χ0n) is 12.5. The second-order valence-electron chi connectivity index (χ2n) is 5.13. The largest absolute Gasteiger partial charge is 0.454 e. The van der Waals surface area contributed by atoms with Crippen molar-refractivity contribution < 1.29 is 19.1 Å². The molecule has 2 amide bonds. The number of nitrogens with one attached hydrogen (secondary N) is 2. The second-order valence-corrected chi connectivity index (χ2v) is 5.13. The molecular formula is C17H16N2O4. The van der Waals surface area contributed by atoms with E-state index in [4.69, 9.17) is 9.47 Å². The Bertz CT molecular complexity index is 731. The maximum Gasteiger partial charge on any atom is 0.313 e. The van der Waals surface area contributed by atoms with Crippen LogP contribution in [-0.4, -0.2) is 18.6 Å². The molecule has 1 heterocycles. The summed E-state index contributed by atoms with van der Waals surface area (Å²) in [7, 11) is 0. The smallest absolute Gasteiger partial charge is 0.313 e. The molecule has 6 heteroatoms. The van der Waals surface area contributed by atoms with E-state index in [-0.39, 0.29) is 12.8 Å². The molecule has 0 saturated carbocycles. The number of carbonyl (C=O) groups excluding carboxylic acids is 2. The predicted molar refractivity (Wildman–Crippen MR) is 84.2 cm³/mol. The van der Waals surface area contributed by atoms with E-state index in [0.29, 0.717) is 17.2 Å². The van der Waals surface area contributed by atoms with Crippen molar-refractivity contribution in [2.45, 2.75) is 13.0 Å². The van der Waals surface area contributed by atoms with E-state index in [0.717, 1.165) is 5.56 Å². The molecule has 2 aromatic carbocycles. The highest BCUT2D eigenvalue weighted by Crippen LogP contribution is 2.34. The molecule has 0 unspecified atom stereocenters. The molecule has 1 atom stereocenters. The average Bonchev–Trinajstić information content (AvgIpc) is 3.03. The van der Waals surface area contributed by atoms with Crippen LogP contribution in [0.15, 0.2) is 48.5 Å². The van der Waals surface area contributed by atoms with Gasteiger partial charge in [-0.15, -0.1) is 0 Å². The van der Waals surface area contributed by atoms with Gasteiger partial charge < -0.3 is 20.1 Å². The van der Waals surface area contributed by atoms with Crippen molar-refractivity contribution in [1.82, 2.24) is 5.32 Å². The van der Waals surface area contributed by atoms with Crippen molar-refractivity contribution in [2.24, 2.45) is 0 Å². The third-order valence-corrected chi connectivity index (χ3v) is 3.48. The molecule has 0 saturated heterocycles. The molecule has 0 fully saturated rings. The Morgan fingerprint density at radius 1 is 1.00 bits per heavy atom. The molecule has 118 valence electrons. The fourth-order valence-corrected chi connectivity index (χ4v) is 2.25. The molecule has 3 rings (SSSR count). The number of hydrogen-bond acceptors (Lipinski definition) is 4. The zero-order chi connectivity index (χ0) is 16.2. The normalized spacial score (nSPS) is 13.3. The van der Waals surface area contributed by atoms with Gasteiger partial charge >= 0.3 is 11.8 Å². The lowest BCUT2D eigenvalue weighted by atomic mass is 10.1. The standard InChI is InChI=1S/C17H16N2O4/c1-11(12-5-3-2-4-6-12)18-16(20)17(21)19-13-7-8-14-15(9-13)23-10-22-14/h2-9,11H,10H2,1H3,(H,18,20)(H,19,21)/t11-/m1/s1. The van der Waals surface area contributed by atoms with E-state index in [1.807, 2.05) is 37.3 Å². The number of rotatable bonds is 3. The van der Waals surface area contributed by atoms with Crippen LogP contribution in [0.4, 0.5) is 5.69 Å². The summed E-state index contributed by atoms with van der Waals surface area (Å²) in [6.07, 6.45) is 0. The highest BCUT2D eigenvalue weighted by Gasteiger charge is 2.19. The SMILES string of the molecule is C[C@@H](NC(=O)C(=O)Nc1ccc2c(c1)OCO2)c1ccccc1. The molecule has 0 radical (unpaired) electrons. The molecule has 2 aromatic rings. The van der Waals surface area contributed by atoms with Gasteiger partial charge in [0.2, 0.25) is 6.79 Å². The lowest BCUT2D eigenvalue weighted by Crippen LogP contribution is -2.36. The van der Waals surface area contributed by atoms with Gasteiger partial charge in [0.15, 0.2) is 11.5 Å². The number of fused-ring (bicyclic) bond motifs is 1. The molecule has 2 N–H and O–H groups in total. The summed E-state index contributed by atoms with van der Waals surface area (Å²) < 4.78 is 10.4. The van der Waals surface area contributed by atoms with Crippen LogP contribution in [-0.2, 0) is 9.59 Å². The van der Waals surface area contributed by atoms with Gasteiger partial charge in [0.1, 0.15) is 0 Å². The molecule has 0 bridgehead atoms. The molecule has 1 aliphatic heterocycles. The van der Waals surface area contributed by atoms with Crippen LogP contribution in [0.5, 0.6) is 11.5 Å². The van der Waals surface area contributed by atoms with Crippen LogP contribution < -0.4 is 20.1 Å². The first kappa shape index (κ1) is 14.9. The molecule has 0 aromatic heterocycles. The van der Waals surface area contributed by atoms with Crippen LogP contribution in [0, 0.1) is 0 Å². The second kappa shape index (κ2) is 6.39. The van der Waals surface area contributed by atoms with Crippen LogP contribution in [0.1, 0.15) is 18.5 Å². The number of hydrogen-bond donors (Lipinski definition) is 2. The number of amides is 2. The number of benzene rings is 2. The minimum Gasteiger partial charge on any atom is -0.454 e. The van der Waals surface area contributed by atoms with Crippen molar-refractivity contribution in [3.63, 3.8) is 0 Å². The first-order valence-corrected chi connectivity index (χ1v) is 7.20. The summed E-state index contributed by atoms with van der Waals surface area (Å²) in [5.41, 5.74) is 1.40. The summed E-state index contributed by atoms with van der Waals surface area (Å²) in [4.78, 5) is 24.0. The maximum absolute atomic E-state index is 12.0. The maximum atomic E-state index is 12.0. The first-order valence-electron chi connectivity index (χ1n) is 7.20. The fourth-order valence-electron chi connectivity index (χ4n) is 2.25. The number of anilines is 1. The number of ether oxygens (including phenoxy) is 2. The highest BCUT2D eigenvalue weighted by atomic mass is 16.7. The summed E-state index contributed by atoms with van der Waals surface area (Å²) in [6.45, 7) is 1.98. The summed E-state index contributed by atoms with van der Waals surface area (Å²) in [5.74, 6) is -0.267. The van der Waals surface area contributed by atoms with E-state index in [2.05, 4.69) is 10.6 Å². The number of carbonyl (C=O) groups is 2. The Morgan fingerprint density at radius 2 is 1.74 bits per heavy atom. The van der Waals surface area contributed by atoms with E-state index in [1.165, 1.54) is 0 Å². The van der Waals surface area contributed by atoms with Crippen LogP contribution in [0.3, 0.4) is 0 Å². The topological polar surface area (TPSA) is 76.7 Å². The minimum atomic E-state index is -0.730. The Kier molecular flexibility index (Phi) is 4.14. The van der Waals surface area contributed by atoms with Crippen molar-refractivity contribution >= 4 is 17.5 Å². The minimum absolute atomic E-state index is 0.155.